The van der Waals surface area contributed by atoms with E-state index in [-0.39, 0.29) is 0 Å². The second-order valence-corrected chi connectivity index (χ2v) is 4.14. The van der Waals surface area contributed by atoms with Gasteiger partial charge < -0.3 is 10.1 Å². The molecule has 1 aromatic heterocycles. The maximum atomic E-state index is 5.83. The minimum atomic E-state index is 0.490. The lowest BCUT2D eigenvalue weighted by molar-refractivity contribution is 0.377. The molecule has 1 aromatic rings. The molecular weight excluding hydrogens is 212 g/mol. The van der Waals surface area contributed by atoms with E-state index in [0.717, 1.165) is 25.9 Å². The Morgan fingerprint density at radius 3 is 2.80 bits per heavy atom. The quantitative estimate of drug-likeness (QED) is 0.786. The lowest BCUT2D eigenvalue weighted by Gasteiger charge is -2.23. The molecule has 4 heteroatoms. The molecule has 0 unspecified atom stereocenters. The topological polar surface area (TPSA) is 34.1 Å². The summed E-state index contributed by atoms with van der Waals surface area (Å²) in [5.41, 5.74) is 1.18. The molecular formula is C11H15ClN2O. The number of hydrogen-bond acceptors (Lipinski definition) is 3. The third-order valence-electron chi connectivity index (χ3n) is 2.83. The molecule has 1 N–H and O–H groups in total. The molecule has 1 aliphatic heterocycles. The van der Waals surface area contributed by atoms with Gasteiger partial charge in [-0.3, -0.25) is 0 Å². The van der Waals surface area contributed by atoms with Gasteiger partial charge in [0.05, 0.1) is 7.11 Å². The number of halogens is 1. The first-order chi connectivity index (χ1) is 7.31. The van der Waals surface area contributed by atoms with E-state index in [0.29, 0.717) is 17.0 Å². The first-order valence-corrected chi connectivity index (χ1v) is 5.60. The summed E-state index contributed by atoms with van der Waals surface area (Å²) in [7, 11) is 1.64. The molecule has 0 atom stereocenters. The van der Waals surface area contributed by atoms with E-state index >= 15 is 0 Å². The lowest BCUT2D eigenvalue weighted by Crippen LogP contribution is -2.26. The van der Waals surface area contributed by atoms with Crippen LogP contribution in [-0.4, -0.2) is 25.2 Å². The van der Waals surface area contributed by atoms with Crippen LogP contribution in [-0.2, 0) is 0 Å². The zero-order valence-corrected chi connectivity index (χ0v) is 9.55. The van der Waals surface area contributed by atoms with Gasteiger partial charge in [0.1, 0.15) is 5.15 Å². The van der Waals surface area contributed by atoms with Crippen LogP contribution in [0.4, 0.5) is 0 Å². The molecule has 1 fully saturated rings. The van der Waals surface area contributed by atoms with E-state index < -0.39 is 0 Å². The highest BCUT2D eigenvalue weighted by molar-refractivity contribution is 6.29. The summed E-state index contributed by atoms with van der Waals surface area (Å²) < 4.78 is 5.26. The van der Waals surface area contributed by atoms with Crippen molar-refractivity contribution in [2.24, 2.45) is 0 Å². The number of rotatable bonds is 2. The minimum absolute atomic E-state index is 0.490. The fourth-order valence-corrected chi connectivity index (χ4v) is 2.18. The maximum absolute atomic E-state index is 5.83. The van der Waals surface area contributed by atoms with Gasteiger partial charge in [-0.05, 0) is 37.9 Å². The van der Waals surface area contributed by atoms with Gasteiger partial charge in [0.25, 0.3) is 0 Å². The predicted molar refractivity (Wildman–Crippen MR) is 60.6 cm³/mol. The van der Waals surface area contributed by atoms with Crippen molar-refractivity contribution in [3.63, 3.8) is 0 Å². The number of piperidine rings is 1. The van der Waals surface area contributed by atoms with Crippen LogP contribution in [0.1, 0.15) is 24.3 Å². The van der Waals surface area contributed by atoms with Crippen molar-refractivity contribution < 1.29 is 4.74 Å². The second kappa shape index (κ2) is 4.81. The molecule has 0 radical (unpaired) electrons. The predicted octanol–water partition coefficient (Wildman–Crippen LogP) is 2.21. The molecule has 0 aliphatic carbocycles. The van der Waals surface area contributed by atoms with Gasteiger partial charge in [-0.1, -0.05) is 17.7 Å². The number of pyridine rings is 1. The fourth-order valence-electron chi connectivity index (χ4n) is 2.04. The summed E-state index contributed by atoms with van der Waals surface area (Å²) >= 11 is 5.83. The Morgan fingerprint density at radius 1 is 1.40 bits per heavy atom. The van der Waals surface area contributed by atoms with Crippen molar-refractivity contribution in [3.8, 4) is 5.88 Å². The summed E-state index contributed by atoms with van der Waals surface area (Å²) in [4.78, 5) is 4.19. The van der Waals surface area contributed by atoms with E-state index in [9.17, 15) is 0 Å². The summed E-state index contributed by atoms with van der Waals surface area (Å²) in [5.74, 6) is 1.22. The molecule has 1 aliphatic rings. The van der Waals surface area contributed by atoms with Crippen molar-refractivity contribution in [2.45, 2.75) is 18.8 Å². The van der Waals surface area contributed by atoms with Crippen molar-refractivity contribution >= 4 is 11.6 Å². The van der Waals surface area contributed by atoms with Gasteiger partial charge in [-0.25, -0.2) is 4.98 Å². The van der Waals surface area contributed by atoms with Gasteiger partial charge in [-0.15, -0.1) is 0 Å². The number of ether oxygens (including phenoxy) is 1. The highest BCUT2D eigenvalue weighted by atomic mass is 35.5. The third-order valence-corrected chi connectivity index (χ3v) is 3.04. The molecule has 82 valence electrons. The zero-order valence-electron chi connectivity index (χ0n) is 8.79. The molecule has 0 bridgehead atoms. The van der Waals surface area contributed by atoms with E-state index in [1.807, 2.05) is 12.1 Å². The summed E-state index contributed by atoms with van der Waals surface area (Å²) in [6.45, 7) is 2.13. The van der Waals surface area contributed by atoms with E-state index in [4.69, 9.17) is 16.3 Å². The first kappa shape index (κ1) is 10.7. The molecule has 0 saturated carbocycles. The van der Waals surface area contributed by atoms with Crippen molar-refractivity contribution in [2.75, 3.05) is 20.2 Å². The lowest BCUT2D eigenvalue weighted by atomic mass is 9.91. The molecule has 1 saturated heterocycles. The third kappa shape index (κ3) is 2.41. The van der Waals surface area contributed by atoms with Crippen LogP contribution in [0.2, 0.25) is 5.15 Å². The van der Waals surface area contributed by atoms with Crippen LogP contribution in [0.25, 0.3) is 0 Å². The Balaban J connectivity index is 2.25. The van der Waals surface area contributed by atoms with Crippen molar-refractivity contribution in [1.29, 1.82) is 0 Å². The van der Waals surface area contributed by atoms with E-state index in [2.05, 4.69) is 10.3 Å². The monoisotopic (exact) mass is 226 g/mol. The Hall–Kier alpha value is -0.800. The number of nitrogens with one attached hydrogen (secondary N) is 1. The number of aromatic nitrogens is 1. The van der Waals surface area contributed by atoms with E-state index in [1.165, 1.54) is 5.56 Å². The average molecular weight is 227 g/mol. The summed E-state index contributed by atoms with van der Waals surface area (Å²) in [5, 5.41) is 3.84. The Morgan fingerprint density at radius 2 is 2.13 bits per heavy atom. The van der Waals surface area contributed by atoms with Crippen molar-refractivity contribution in [1.82, 2.24) is 10.3 Å². The summed E-state index contributed by atoms with van der Waals surface area (Å²) in [6.07, 6.45) is 2.28. The van der Waals surface area contributed by atoms with E-state index in [1.54, 1.807) is 7.11 Å². The number of nitrogens with zero attached hydrogens (tertiary/aromatic N) is 1. The standard InChI is InChI=1S/C11H15ClN2O/c1-15-11-9(2-3-10(12)14-11)8-4-6-13-7-5-8/h2-3,8,13H,4-7H2,1H3. The van der Waals surface area contributed by atoms with Crippen molar-refractivity contribution in [3.05, 3.63) is 22.8 Å². The van der Waals surface area contributed by atoms with Gasteiger partial charge in [0.15, 0.2) is 0 Å². The molecule has 0 aromatic carbocycles. The molecule has 2 heterocycles. The summed E-state index contributed by atoms with van der Waals surface area (Å²) in [6, 6.07) is 3.87. The van der Waals surface area contributed by atoms with Crippen LogP contribution < -0.4 is 10.1 Å². The van der Waals surface area contributed by atoms with Gasteiger partial charge in [0.2, 0.25) is 5.88 Å². The van der Waals surface area contributed by atoms with Gasteiger partial charge in [-0.2, -0.15) is 0 Å². The Bertz CT molecular complexity index is 337. The fraction of sp³-hybridized carbons (Fsp3) is 0.545. The largest absolute Gasteiger partial charge is 0.481 e. The average Bonchev–Trinajstić information content (AvgIpc) is 2.30. The minimum Gasteiger partial charge on any atom is -0.481 e. The molecule has 0 amide bonds. The maximum Gasteiger partial charge on any atom is 0.217 e. The second-order valence-electron chi connectivity index (χ2n) is 3.76. The highest BCUT2D eigenvalue weighted by Crippen LogP contribution is 2.31. The molecule has 2 rings (SSSR count). The number of methoxy groups -OCH3 is 1. The Kier molecular flexibility index (Phi) is 3.44. The first-order valence-electron chi connectivity index (χ1n) is 5.22. The van der Waals surface area contributed by atoms with Gasteiger partial charge in [0, 0.05) is 5.56 Å². The van der Waals surface area contributed by atoms with Crippen LogP contribution in [0.5, 0.6) is 5.88 Å². The molecule has 3 nitrogen and oxygen atoms in total. The van der Waals surface area contributed by atoms with Crippen LogP contribution in [0, 0.1) is 0 Å². The number of hydrogen-bond donors (Lipinski definition) is 1. The zero-order chi connectivity index (χ0) is 10.7. The smallest absolute Gasteiger partial charge is 0.217 e. The van der Waals surface area contributed by atoms with Crippen LogP contribution in [0.15, 0.2) is 12.1 Å². The SMILES string of the molecule is COc1nc(Cl)ccc1C1CCNCC1. The van der Waals surface area contributed by atoms with Crippen LogP contribution in [0.3, 0.4) is 0 Å². The van der Waals surface area contributed by atoms with Gasteiger partial charge >= 0.3 is 0 Å². The normalized spacial score (nSPS) is 17.7. The Labute approximate surface area is 94.8 Å². The highest BCUT2D eigenvalue weighted by Gasteiger charge is 2.19. The molecule has 15 heavy (non-hydrogen) atoms. The van der Waals surface area contributed by atoms with Crippen LogP contribution >= 0.6 is 11.6 Å². The molecule has 0 spiro atoms.